The van der Waals surface area contributed by atoms with Crippen molar-refractivity contribution >= 4 is 28.1 Å². The lowest BCUT2D eigenvalue weighted by Crippen LogP contribution is -2.23. The number of halogens is 3. The van der Waals surface area contributed by atoms with Crippen molar-refractivity contribution < 1.29 is 17.4 Å². The number of hydrogen-bond acceptors (Lipinski definition) is 6. The molecule has 0 saturated carbocycles. The highest BCUT2D eigenvalue weighted by atomic mass is 32.2. The predicted octanol–water partition coefficient (Wildman–Crippen LogP) is 2.98. The smallest absolute Gasteiger partial charge is 0.382 e. The molecule has 2 aromatic rings. The molecule has 140 valence electrons. The zero-order valence-electron chi connectivity index (χ0n) is 14.0. The van der Waals surface area contributed by atoms with Crippen LogP contribution >= 0.6 is 0 Å². The fourth-order valence-corrected chi connectivity index (χ4v) is 3.56. The van der Waals surface area contributed by atoms with Crippen LogP contribution in [0.5, 0.6) is 0 Å². The van der Waals surface area contributed by atoms with Crippen LogP contribution in [0.4, 0.5) is 30.5 Å². The second kappa shape index (κ2) is 7.10. The molecule has 0 spiro atoms. The first kappa shape index (κ1) is 18.4. The Bertz CT molecular complexity index is 826. The molecule has 1 aromatic carbocycles. The SMILES string of the molecule is CCCS(=O)c1nc(N)c2c(n1)N(Cc1ccc(C(F)(F)F)cc1)CN2. The third-order valence-electron chi connectivity index (χ3n) is 3.89. The fourth-order valence-electron chi connectivity index (χ4n) is 2.62. The standard InChI is InChI=1S/C16H18F3N5OS/c1-2-7-26(25)15-22-13(20)12-14(23-15)24(9-21-12)8-10-3-5-11(6-4-10)16(17,18)19/h3-6,21H,2,7-9H2,1H3,(H2,20,22,23). The molecule has 1 aromatic heterocycles. The van der Waals surface area contributed by atoms with Crippen LogP contribution in [0, 0.1) is 0 Å². The van der Waals surface area contributed by atoms with E-state index < -0.39 is 22.5 Å². The zero-order valence-corrected chi connectivity index (χ0v) is 14.8. The van der Waals surface area contributed by atoms with Crippen molar-refractivity contribution in [3.8, 4) is 0 Å². The largest absolute Gasteiger partial charge is 0.416 e. The Hall–Kier alpha value is -2.36. The highest BCUT2D eigenvalue weighted by Crippen LogP contribution is 2.35. The molecule has 3 N–H and O–H groups in total. The summed E-state index contributed by atoms with van der Waals surface area (Å²) in [4.78, 5) is 10.3. The van der Waals surface area contributed by atoms with Gasteiger partial charge in [-0.05, 0) is 24.1 Å². The molecule has 3 rings (SSSR count). The predicted molar refractivity (Wildman–Crippen MR) is 94.1 cm³/mol. The molecule has 0 bridgehead atoms. The van der Waals surface area contributed by atoms with Crippen molar-refractivity contribution in [1.82, 2.24) is 9.97 Å². The van der Waals surface area contributed by atoms with Gasteiger partial charge in [0.1, 0.15) is 5.69 Å². The topological polar surface area (TPSA) is 84.1 Å². The number of aromatic nitrogens is 2. The maximum atomic E-state index is 12.7. The summed E-state index contributed by atoms with van der Waals surface area (Å²) in [6.07, 6.45) is -3.64. The lowest BCUT2D eigenvalue weighted by molar-refractivity contribution is -0.137. The number of nitrogens with zero attached hydrogens (tertiary/aromatic N) is 3. The normalized spacial score (nSPS) is 14.8. The number of hydrogen-bond donors (Lipinski definition) is 2. The van der Waals surface area contributed by atoms with Gasteiger partial charge in [0.25, 0.3) is 0 Å². The summed E-state index contributed by atoms with van der Waals surface area (Å²) in [5, 5.41) is 3.24. The third kappa shape index (κ3) is 3.74. The van der Waals surface area contributed by atoms with Crippen LogP contribution < -0.4 is 16.0 Å². The van der Waals surface area contributed by atoms with Crippen molar-refractivity contribution in [1.29, 1.82) is 0 Å². The molecule has 1 aliphatic heterocycles. The van der Waals surface area contributed by atoms with Gasteiger partial charge >= 0.3 is 6.18 Å². The number of rotatable bonds is 5. The van der Waals surface area contributed by atoms with E-state index in [2.05, 4.69) is 15.3 Å². The monoisotopic (exact) mass is 385 g/mol. The first-order valence-corrected chi connectivity index (χ1v) is 9.32. The van der Waals surface area contributed by atoms with E-state index in [0.29, 0.717) is 36.0 Å². The molecule has 0 radical (unpaired) electrons. The Balaban J connectivity index is 1.83. The minimum Gasteiger partial charge on any atom is -0.382 e. The molecule has 6 nitrogen and oxygen atoms in total. The van der Waals surface area contributed by atoms with Crippen LogP contribution in [0.25, 0.3) is 0 Å². The van der Waals surface area contributed by atoms with Gasteiger partial charge in [-0.1, -0.05) is 19.1 Å². The minimum absolute atomic E-state index is 0.171. The van der Waals surface area contributed by atoms with Gasteiger partial charge in [-0.25, -0.2) is 9.97 Å². The number of nitrogens with one attached hydrogen (secondary N) is 1. The Kier molecular flexibility index (Phi) is 5.03. The number of fused-ring (bicyclic) bond motifs is 1. The number of alkyl halides is 3. The van der Waals surface area contributed by atoms with Crippen LogP contribution in [0.1, 0.15) is 24.5 Å². The molecule has 0 aliphatic carbocycles. The van der Waals surface area contributed by atoms with Crippen molar-refractivity contribution in [2.75, 3.05) is 28.4 Å². The van der Waals surface area contributed by atoms with E-state index in [9.17, 15) is 17.4 Å². The van der Waals surface area contributed by atoms with E-state index in [-0.39, 0.29) is 11.0 Å². The molecule has 1 unspecified atom stereocenters. The first-order valence-electron chi connectivity index (χ1n) is 8.00. The van der Waals surface area contributed by atoms with E-state index in [0.717, 1.165) is 18.6 Å². The summed E-state index contributed by atoms with van der Waals surface area (Å²) in [5.74, 6) is 1.16. The van der Waals surface area contributed by atoms with Gasteiger partial charge in [-0.2, -0.15) is 13.2 Å². The van der Waals surface area contributed by atoms with Gasteiger partial charge < -0.3 is 16.0 Å². The van der Waals surface area contributed by atoms with Gasteiger partial charge in [0.15, 0.2) is 11.6 Å². The van der Waals surface area contributed by atoms with E-state index in [1.165, 1.54) is 12.1 Å². The molecule has 1 atom stereocenters. The van der Waals surface area contributed by atoms with E-state index in [1.54, 1.807) is 0 Å². The maximum absolute atomic E-state index is 12.7. The summed E-state index contributed by atoms with van der Waals surface area (Å²) in [6.45, 7) is 2.64. The Morgan fingerprint density at radius 1 is 1.27 bits per heavy atom. The van der Waals surface area contributed by atoms with Gasteiger partial charge in [-0.15, -0.1) is 0 Å². The first-order chi connectivity index (χ1) is 12.3. The van der Waals surface area contributed by atoms with Crippen LogP contribution in [0.2, 0.25) is 0 Å². The number of nitrogens with two attached hydrogens (primary N) is 1. The van der Waals surface area contributed by atoms with Crippen molar-refractivity contribution in [2.45, 2.75) is 31.2 Å². The molecule has 1 aliphatic rings. The van der Waals surface area contributed by atoms with Gasteiger partial charge in [-0.3, -0.25) is 4.21 Å². The molecule has 26 heavy (non-hydrogen) atoms. The Morgan fingerprint density at radius 3 is 2.58 bits per heavy atom. The van der Waals surface area contributed by atoms with E-state index >= 15 is 0 Å². The van der Waals surface area contributed by atoms with Gasteiger partial charge in [0.05, 0.1) is 23.0 Å². The number of benzene rings is 1. The lowest BCUT2D eigenvalue weighted by atomic mass is 10.1. The molecule has 0 saturated heterocycles. The van der Waals surface area contributed by atoms with Crippen molar-refractivity contribution in [3.05, 3.63) is 35.4 Å². The molecule has 0 fully saturated rings. The Labute approximate surface area is 151 Å². The molecular weight excluding hydrogens is 367 g/mol. The fraction of sp³-hybridized carbons (Fsp3) is 0.375. The molecule has 10 heteroatoms. The van der Waals surface area contributed by atoms with Crippen molar-refractivity contribution in [3.63, 3.8) is 0 Å². The van der Waals surface area contributed by atoms with E-state index in [1.807, 2.05) is 11.8 Å². The quantitative estimate of drug-likeness (QED) is 0.770. The summed E-state index contributed by atoms with van der Waals surface area (Å²) in [5.41, 5.74) is 6.49. The number of nitrogen functional groups attached to an aromatic ring is 1. The highest BCUT2D eigenvalue weighted by Gasteiger charge is 2.30. The average Bonchev–Trinajstić information content (AvgIpc) is 2.98. The second-order valence-electron chi connectivity index (χ2n) is 5.87. The molecule has 0 amide bonds. The zero-order chi connectivity index (χ0) is 18.9. The lowest BCUT2D eigenvalue weighted by Gasteiger charge is -2.18. The van der Waals surface area contributed by atoms with Crippen LogP contribution in [0.3, 0.4) is 0 Å². The van der Waals surface area contributed by atoms with E-state index in [4.69, 9.17) is 5.73 Å². The minimum atomic E-state index is -4.36. The molecular formula is C16H18F3N5OS. The summed E-state index contributed by atoms with van der Waals surface area (Å²) in [6, 6.07) is 4.97. The van der Waals surface area contributed by atoms with Crippen LogP contribution in [0.15, 0.2) is 29.4 Å². The average molecular weight is 385 g/mol. The maximum Gasteiger partial charge on any atom is 0.416 e. The van der Waals surface area contributed by atoms with Crippen LogP contribution in [-0.2, 0) is 23.5 Å². The summed E-state index contributed by atoms with van der Waals surface area (Å²) >= 11 is 0. The third-order valence-corrected chi connectivity index (χ3v) is 5.26. The second-order valence-corrected chi connectivity index (χ2v) is 7.33. The summed E-state index contributed by atoms with van der Waals surface area (Å²) in [7, 11) is -1.34. The Morgan fingerprint density at radius 2 is 1.96 bits per heavy atom. The van der Waals surface area contributed by atoms with Crippen molar-refractivity contribution in [2.24, 2.45) is 0 Å². The molecule has 2 heterocycles. The summed E-state index contributed by atoms with van der Waals surface area (Å²) < 4.78 is 50.2. The number of anilines is 3. The highest BCUT2D eigenvalue weighted by molar-refractivity contribution is 7.84. The van der Waals surface area contributed by atoms with Gasteiger partial charge in [0.2, 0.25) is 5.16 Å². The van der Waals surface area contributed by atoms with Crippen LogP contribution in [-0.4, -0.2) is 26.6 Å². The van der Waals surface area contributed by atoms with Gasteiger partial charge in [0, 0.05) is 12.3 Å².